The molecule has 0 aromatic rings. The molecular weight excluding hydrogens is 132 g/mol. The predicted octanol–water partition coefficient (Wildman–Crippen LogP) is 0.744. The van der Waals surface area contributed by atoms with Crippen LogP contribution in [0, 0.1) is 11.3 Å². The maximum absolute atomic E-state index is 10.5. The van der Waals surface area contributed by atoms with Crippen molar-refractivity contribution in [2.24, 2.45) is 11.3 Å². The standard InChI is InChI=1S/C7H12O3/c1-7(6(8)9)3-5(7)4-10-2/h5H,3-4H2,1-2H3,(H,8,9)/t5-,7+/m1/s1. The zero-order valence-electron chi connectivity index (χ0n) is 6.26. The third-order valence-electron chi connectivity index (χ3n) is 2.27. The number of carboxylic acid groups (broad SMARTS) is 1. The van der Waals surface area contributed by atoms with Crippen molar-refractivity contribution in [1.29, 1.82) is 0 Å². The fourth-order valence-electron chi connectivity index (χ4n) is 1.16. The lowest BCUT2D eigenvalue weighted by molar-refractivity contribution is -0.143. The van der Waals surface area contributed by atoms with Crippen LogP contribution in [0.5, 0.6) is 0 Å². The van der Waals surface area contributed by atoms with Crippen LogP contribution >= 0.6 is 0 Å². The summed E-state index contributed by atoms with van der Waals surface area (Å²) in [5, 5.41) is 8.65. The minimum atomic E-state index is -0.699. The van der Waals surface area contributed by atoms with Crippen molar-refractivity contribution in [3.05, 3.63) is 0 Å². The summed E-state index contributed by atoms with van der Waals surface area (Å²) in [6.07, 6.45) is 0.760. The molecule has 0 spiro atoms. The number of hydrogen-bond acceptors (Lipinski definition) is 2. The second-order valence-electron chi connectivity index (χ2n) is 3.08. The van der Waals surface area contributed by atoms with E-state index in [4.69, 9.17) is 9.84 Å². The van der Waals surface area contributed by atoms with E-state index in [9.17, 15) is 4.79 Å². The molecule has 3 nitrogen and oxygen atoms in total. The summed E-state index contributed by atoms with van der Waals surface area (Å²) in [7, 11) is 1.60. The Balaban J connectivity index is 2.40. The van der Waals surface area contributed by atoms with E-state index < -0.39 is 11.4 Å². The lowest BCUT2D eigenvalue weighted by Gasteiger charge is -2.02. The quantitative estimate of drug-likeness (QED) is 0.635. The number of hydrogen-bond donors (Lipinski definition) is 1. The second-order valence-corrected chi connectivity index (χ2v) is 3.08. The summed E-state index contributed by atoms with van der Waals surface area (Å²) in [6, 6.07) is 0. The fourth-order valence-corrected chi connectivity index (χ4v) is 1.16. The molecule has 0 saturated heterocycles. The Labute approximate surface area is 60.0 Å². The predicted molar refractivity (Wildman–Crippen MR) is 35.7 cm³/mol. The van der Waals surface area contributed by atoms with E-state index in [1.807, 2.05) is 0 Å². The van der Waals surface area contributed by atoms with Gasteiger partial charge in [0.2, 0.25) is 0 Å². The number of carboxylic acids is 1. The third-order valence-corrected chi connectivity index (χ3v) is 2.27. The Hall–Kier alpha value is -0.570. The highest BCUT2D eigenvalue weighted by molar-refractivity contribution is 5.78. The largest absolute Gasteiger partial charge is 0.481 e. The summed E-state index contributed by atoms with van der Waals surface area (Å²) in [5.74, 6) is -0.468. The van der Waals surface area contributed by atoms with E-state index in [0.717, 1.165) is 6.42 Å². The first-order chi connectivity index (χ1) is 4.61. The topological polar surface area (TPSA) is 46.5 Å². The second kappa shape index (κ2) is 2.23. The third kappa shape index (κ3) is 1.01. The van der Waals surface area contributed by atoms with Gasteiger partial charge >= 0.3 is 5.97 Å². The van der Waals surface area contributed by atoms with Gasteiger partial charge in [0.05, 0.1) is 12.0 Å². The van der Waals surface area contributed by atoms with E-state index in [1.165, 1.54) is 0 Å². The van der Waals surface area contributed by atoms with E-state index in [-0.39, 0.29) is 5.92 Å². The summed E-state index contributed by atoms with van der Waals surface area (Å²) in [6.45, 7) is 2.34. The van der Waals surface area contributed by atoms with Gasteiger partial charge in [-0.25, -0.2) is 0 Å². The Morgan fingerprint density at radius 1 is 1.90 bits per heavy atom. The lowest BCUT2D eigenvalue weighted by Crippen LogP contribution is -2.14. The molecule has 1 aliphatic rings. The monoisotopic (exact) mass is 144 g/mol. The van der Waals surface area contributed by atoms with E-state index in [1.54, 1.807) is 14.0 Å². The molecule has 2 atom stereocenters. The van der Waals surface area contributed by atoms with Crippen molar-refractivity contribution in [3.63, 3.8) is 0 Å². The van der Waals surface area contributed by atoms with Gasteiger partial charge < -0.3 is 9.84 Å². The lowest BCUT2D eigenvalue weighted by atomic mass is 10.1. The molecule has 0 heterocycles. The van der Waals surface area contributed by atoms with Gasteiger partial charge in [-0.1, -0.05) is 0 Å². The minimum Gasteiger partial charge on any atom is -0.481 e. The highest BCUT2D eigenvalue weighted by Crippen LogP contribution is 2.52. The van der Waals surface area contributed by atoms with Gasteiger partial charge in [-0.2, -0.15) is 0 Å². The molecule has 0 unspecified atom stereocenters. The van der Waals surface area contributed by atoms with Crippen LogP contribution in [-0.4, -0.2) is 24.8 Å². The van der Waals surface area contributed by atoms with Crippen LogP contribution in [0.4, 0.5) is 0 Å². The average molecular weight is 144 g/mol. The van der Waals surface area contributed by atoms with Gasteiger partial charge in [-0.15, -0.1) is 0 Å². The SMILES string of the molecule is COC[C@H]1C[C@]1(C)C(=O)O. The van der Waals surface area contributed by atoms with Gasteiger partial charge in [-0.3, -0.25) is 4.79 Å². The summed E-state index contributed by atoms with van der Waals surface area (Å²) in [4.78, 5) is 10.5. The molecule has 1 rings (SSSR count). The Morgan fingerprint density at radius 3 is 2.80 bits per heavy atom. The summed E-state index contributed by atoms with van der Waals surface area (Å²) < 4.78 is 4.85. The van der Waals surface area contributed by atoms with Crippen molar-refractivity contribution in [2.75, 3.05) is 13.7 Å². The molecule has 58 valence electrons. The van der Waals surface area contributed by atoms with Crippen molar-refractivity contribution < 1.29 is 14.6 Å². The van der Waals surface area contributed by atoms with E-state index in [2.05, 4.69) is 0 Å². The van der Waals surface area contributed by atoms with Gasteiger partial charge in [-0.05, 0) is 19.3 Å². The molecule has 10 heavy (non-hydrogen) atoms. The maximum atomic E-state index is 10.5. The van der Waals surface area contributed by atoms with Gasteiger partial charge in [0.1, 0.15) is 0 Å². The van der Waals surface area contributed by atoms with Crippen molar-refractivity contribution in [2.45, 2.75) is 13.3 Å². The van der Waals surface area contributed by atoms with Crippen LogP contribution in [0.2, 0.25) is 0 Å². The fraction of sp³-hybridized carbons (Fsp3) is 0.857. The van der Waals surface area contributed by atoms with Crippen molar-refractivity contribution in [1.82, 2.24) is 0 Å². The Kier molecular flexibility index (Phi) is 1.68. The maximum Gasteiger partial charge on any atom is 0.309 e. The van der Waals surface area contributed by atoms with Crippen molar-refractivity contribution >= 4 is 5.97 Å². The normalized spacial score (nSPS) is 37.6. The molecular formula is C7H12O3. The summed E-state index contributed by atoms with van der Waals surface area (Å²) in [5.41, 5.74) is -0.490. The Morgan fingerprint density at radius 2 is 2.50 bits per heavy atom. The van der Waals surface area contributed by atoms with Gasteiger partial charge in [0, 0.05) is 7.11 Å². The van der Waals surface area contributed by atoms with E-state index in [0.29, 0.717) is 6.61 Å². The first-order valence-electron chi connectivity index (χ1n) is 3.33. The van der Waals surface area contributed by atoms with Crippen LogP contribution in [0.15, 0.2) is 0 Å². The smallest absolute Gasteiger partial charge is 0.309 e. The molecule has 1 fully saturated rings. The highest BCUT2D eigenvalue weighted by atomic mass is 16.5. The van der Waals surface area contributed by atoms with Crippen LogP contribution in [0.1, 0.15) is 13.3 Å². The molecule has 3 heteroatoms. The zero-order chi connectivity index (χ0) is 7.78. The zero-order valence-corrected chi connectivity index (χ0v) is 6.26. The van der Waals surface area contributed by atoms with Gasteiger partial charge in [0.15, 0.2) is 0 Å². The summed E-state index contributed by atoms with van der Waals surface area (Å²) >= 11 is 0. The average Bonchev–Trinajstić information content (AvgIpc) is 2.45. The number of aliphatic carboxylic acids is 1. The van der Waals surface area contributed by atoms with E-state index >= 15 is 0 Å². The molecule has 0 radical (unpaired) electrons. The molecule has 0 bridgehead atoms. The van der Waals surface area contributed by atoms with Crippen LogP contribution in [0.3, 0.4) is 0 Å². The van der Waals surface area contributed by atoms with Gasteiger partial charge in [0.25, 0.3) is 0 Å². The molecule has 1 aliphatic carbocycles. The molecule has 0 aliphatic heterocycles. The molecule has 0 aromatic carbocycles. The highest BCUT2D eigenvalue weighted by Gasteiger charge is 2.56. The minimum absolute atomic E-state index is 0.231. The van der Waals surface area contributed by atoms with Crippen molar-refractivity contribution in [3.8, 4) is 0 Å². The molecule has 0 aromatic heterocycles. The number of methoxy groups -OCH3 is 1. The number of carbonyl (C=O) groups is 1. The van der Waals surface area contributed by atoms with Crippen LogP contribution < -0.4 is 0 Å². The Bertz CT molecular complexity index is 155. The van der Waals surface area contributed by atoms with Crippen LogP contribution in [0.25, 0.3) is 0 Å². The molecule has 1 saturated carbocycles. The van der Waals surface area contributed by atoms with Crippen LogP contribution in [-0.2, 0) is 9.53 Å². The molecule has 0 amide bonds. The first-order valence-corrected chi connectivity index (χ1v) is 3.33. The first kappa shape index (κ1) is 7.54. The number of rotatable bonds is 3. The molecule has 1 N–H and O–H groups in total. The number of ether oxygens (including phenoxy) is 1.